The van der Waals surface area contributed by atoms with Crippen LogP contribution in [0.3, 0.4) is 0 Å². The van der Waals surface area contributed by atoms with Crippen molar-refractivity contribution in [1.29, 1.82) is 0 Å². The molecular formula is C28H24I2O2. The average Bonchev–Trinajstić information content (AvgIpc) is 2.81. The lowest BCUT2D eigenvalue weighted by molar-refractivity contribution is -0.0962. The summed E-state index contributed by atoms with van der Waals surface area (Å²) >= 11 is 4.63. The molecular weight excluding hydrogens is 622 g/mol. The zero-order chi connectivity index (χ0) is 22.3. The van der Waals surface area contributed by atoms with E-state index in [1.165, 1.54) is 23.8 Å². The van der Waals surface area contributed by atoms with Gasteiger partial charge in [0.2, 0.25) is 0 Å². The van der Waals surface area contributed by atoms with Crippen molar-refractivity contribution in [2.45, 2.75) is 19.1 Å². The van der Waals surface area contributed by atoms with Crippen molar-refractivity contribution < 1.29 is 9.84 Å². The molecule has 0 aliphatic carbocycles. The second-order valence-corrected chi connectivity index (χ2v) is 10.1. The topological polar surface area (TPSA) is 29.5 Å². The Balaban J connectivity index is 1.40. The molecule has 0 aromatic heterocycles. The highest BCUT2D eigenvalue weighted by Gasteiger charge is 2.12. The van der Waals surface area contributed by atoms with Gasteiger partial charge in [-0.25, -0.2) is 0 Å². The molecule has 0 fully saturated rings. The Morgan fingerprint density at radius 3 is 1.66 bits per heavy atom. The molecule has 1 unspecified atom stereocenters. The van der Waals surface area contributed by atoms with Gasteiger partial charge in [-0.2, -0.15) is 0 Å². The van der Waals surface area contributed by atoms with Crippen LogP contribution in [0.4, 0.5) is 0 Å². The molecule has 2 nitrogen and oxygen atoms in total. The van der Waals surface area contributed by atoms with Gasteiger partial charge in [0.1, 0.15) is 0 Å². The Labute approximate surface area is 216 Å². The maximum absolute atomic E-state index is 10.6. The van der Waals surface area contributed by atoms with Crippen molar-refractivity contribution >= 4 is 45.2 Å². The van der Waals surface area contributed by atoms with Crippen molar-refractivity contribution in [3.8, 4) is 22.3 Å². The molecule has 0 aliphatic heterocycles. The molecule has 4 aromatic carbocycles. The summed E-state index contributed by atoms with van der Waals surface area (Å²) in [6.45, 7) is 0.467. The monoisotopic (exact) mass is 646 g/mol. The maximum atomic E-state index is 10.6. The van der Waals surface area contributed by atoms with Gasteiger partial charge in [0.05, 0.1) is 6.61 Å². The van der Waals surface area contributed by atoms with Gasteiger partial charge in [0.15, 0.2) is 6.29 Å². The zero-order valence-corrected chi connectivity index (χ0v) is 21.9. The molecule has 0 bridgehead atoms. The molecule has 4 aromatic rings. The largest absolute Gasteiger partial charge is 0.368 e. The van der Waals surface area contributed by atoms with Gasteiger partial charge in [-0.3, -0.25) is 0 Å². The molecule has 0 saturated heterocycles. The van der Waals surface area contributed by atoms with E-state index in [0.29, 0.717) is 13.0 Å². The minimum absolute atomic E-state index is 0.459. The lowest BCUT2D eigenvalue weighted by Gasteiger charge is -2.16. The summed E-state index contributed by atoms with van der Waals surface area (Å²) in [5.74, 6) is 0. The van der Waals surface area contributed by atoms with E-state index in [2.05, 4.69) is 130 Å². The summed E-state index contributed by atoms with van der Waals surface area (Å²) in [7, 11) is 0. The van der Waals surface area contributed by atoms with Crippen LogP contribution in [0.5, 0.6) is 0 Å². The molecule has 1 atom stereocenters. The van der Waals surface area contributed by atoms with Gasteiger partial charge >= 0.3 is 0 Å². The Kier molecular flexibility index (Phi) is 8.35. The van der Waals surface area contributed by atoms with Gasteiger partial charge in [-0.1, -0.05) is 72.8 Å². The first-order chi connectivity index (χ1) is 15.6. The van der Waals surface area contributed by atoms with E-state index < -0.39 is 6.29 Å². The van der Waals surface area contributed by atoms with Gasteiger partial charge < -0.3 is 9.84 Å². The Morgan fingerprint density at radius 2 is 1.09 bits per heavy atom. The van der Waals surface area contributed by atoms with E-state index in [1.54, 1.807) is 0 Å². The SMILES string of the molecule is OC(Cc1ccccc1-c1ccc(I)cc1)OCCc1ccccc1-c1ccc(I)cc1. The highest BCUT2D eigenvalue weighted by Crippen LogP contribution is 2.27. The van der Waals surface area contributed by atoms with Gasteiger partial charge in [0.25, 0.3) is 0 Å². The predicted molar refractivity (Wildman–Crippen MR) is 149 cm³/mol. The minimum atomic E-state index is -0.842. The highest BCUT2D eigenvalue weighted by atomic mass is 127. The molecule has 0 saturated carbocycles. The Hall–Kier alpha value is -1.74. The smallest absolute Gasteiger partial charge is 0.158 e. The molecule has 4 heteroatoms. The number of halogens is 2. The van der Waals surface area contributed by atoms with E-state index in [0.717, 1.165) is 23.1 Å². The minimum Gasteiger partial charge on any atom is -0.368 e. The highest BCUT2D eigenvalue weighted by molar-refractivity contribution is 14.1. The fourth-order valence-electron chi connectivity index (χ4n) is 3.81. The average molecular weight is 646 g/mol. The van der Waals surface area contributed by atoms with Crippen molar-refractivity contribution in [2.75, 3.05) is 6.61 Å². The van der Waals surface area contributed by atoms with Crippen LogP contribution in [0, 0.1) is 7.14 Å². The first kappa shape index (κ1) is 23.4. The van der Waals surface area contributed by atoms with Crippen molar-refractivity contribution in [3.63, 3.8) is 0 Å². The zero-order valence-electron chi connectivity index (χ0n) is 17.5. The number of aliphatic hydroxyl groups excluding tert-OH is 1. The molecule has 0 heterocycles. The van der Waals surface area contributed by atoms with E-state index in [-0.39, 0.29) is 0 Å². The molecule has 162 valence electrons. The van der Waals surface area contributed by atoms with Crippen LogP contribution in [-0.4, -0.2) is 18.0 Å². The van der Waals surface area contributed by atoms with Gasteiger partial charge in [-0.05, 0) is 109 Å². The van der Waals surface area contributed by atoms with Crippen molar-refractivity contribution in [2.24, 2.45) is 0 Å². The Bertz CT molecular complexity index is 1150. The molecule has 4 rings (SSSR count). The molecule has 1 N–H and O–H groups in total. The normalized spacial score (nSPS) is 12.0. The third-order valence-corrected chi connectivity index (χ3v) is 6.86. The van der Waals surface area contributed by atoms with Crippen LogP contribution in [0.25, 0.3) is 22.3 Å². The molecule has 0 radical (unpaired) electrons. The summed E-state index contributed by atoms with van der Waals surface area (Å²) in [4.78, 5) is 0. The number of benzene rings is 4. The Morgan fingerprint density at radius 1 is 0.625 bits per heavy atom. The molecule has 0 amide bonds. The number of rotatable bonds is 8. The van der Waals surface area contributed by atoms with E-state index in [4.69, 9.17) is 4.74 Å². The molecule has 0 spiro atoms. The van der Waals surface area contributed by atoms with Gasteiger partial charge in [-0.15, -0.1) is 0 Å². The van der Waals surface area contributed by atoms with Crippen LogP contribution in [-0.2, 0) is 17.6 Å². The van der Waals surface area contributed by atoms with Crippen molar-refractivity contribution in [3.05, 3.63) is 115 Å². The third-order valence-electron chi connectivity index (χ3n) is 5.42. The fourth-order valence-corrected chi connectivity index (χ4v) is 4.53. The fraction of sp³-hybridized carbons (Fsp3) is 0.143. The number of ether oxygens (including phenoxy) is 1. The quantitative estimate of drug-likeness (QED) is 0.160. The van der Waals surface area contributed by atoms with E-state index in [1.807, 2.05) is 12.1 Å². The second kappa shape index (κ2) is 11.4. The lowest BCUT2D eigenvalue weighted by Crippen LogP contribution is -2.17. The standard InChI is InChI=1S/C28H24I2O2/c29-24-13-9-21(10-14-24)26-7-3-1-5-20(26)17-18-32-28(31)19-23-6-2-4-8-27(23)22-11-15-25(30)16-12-22/h1-16,28,31H,17-19H2. The first-order valence-corrected chi connectivity index (χ1v) is 12.7. The van der Waals surface area contributed by atoms with Crippen LogP contribution in [0.2, 0.25) is 0 Å². The number of aliphatic hydroxyl groups is 1. The number of hydrogen-bond acceptors (Lipinski definition) is 2. The van der Waals surface area contributed by atoms with Crippen LogP contribution >= 0.6 is 45.2 Å². The summed E-state index contributed by atoms with van der Waals surface area (Å²) in [5.41, 5.74) is 7.01. The summed E-state index contributed by atoms with van der Waals surface area (Å²) in [5, 5.41) is 10.6. The summed E-state index contributed by atoms with van der Waals surface area (Å²) in [6, 6.07) is 33.6. The summed E-state index contributed by atoms with van der Waals surface area (Å²) < 4.78 is 8.25. The maximum Gasteiger partial charge on any atom is 0.158 e. The predicted octanol–water partition coefficient (Wildman–Crippen LogP) is 7.35. The van der Waals surface area contributed by atoms with Gasteiger partial charge in [0, 0.05) is 13.6 Å². The van der Waals surface area contributed by atoms with Crippen LogP contribution in [0.15, 0.2) is 97.1 Å². The van der Waals surface area contributed by atoms with E-state index >= 15 is 0 Å². The summed E-state index contributed by atoms with van der Waals surface area (Å²) in [6.07, 6.45) is 0.365. The van der Waals surface area contributed by atoms with E-state index in [9.17, 15) is 5.11 Å². The molecule has 32 heavy (non-hydrogen) atoms. The van der Waals surface area contributed by atoms with Crippen LogP contribution < -0.4 is 0 Å². The first-order valence-electron chi connectivity index (χ1n) is 10.6. The van der Waals surface area contributed by atoms with Crippen LogP contribution in [0.1, 0.15) is 11.1 Å². The molecule has 0 aliphatic rings. The number of hydrogen-bond donors (Lipinski definition) is 1. The van der Waals surface area contributed by atoms with Crippen molar-refractivity contribution in [1.82, 2.24) is 0 Å². The lowest BCUT2D eigenvalue weighted by atomic mass is 9.97. The second-order valence-electron chi connectivity index (χ2n) is 7.61. The third kappa shape index (κ3) is 6.19.